The van der Waals surface area contributed by atoms with Crippen molar-refractivity contribution in [3.8, 4) is 0 Å². The van der Waals surface area contributed by atoms with Crippen molar-refractivity contribution < 1.29 is 4.79 Å². The molecule has 0 aromatic heterocycles. The monoisotopic (exact) mass is 347 g/mol. The highest BCUT2D eigenvalue weighted by Gasteiger charge is 2.11. The lowest BCUT2D eigenvalue weighted by atomic mass is 10.1. The van der Waals surface area contributed by atoms with Gasteiger partial charge in [-0.15, -0.1) is 0 Å². The lowest BCUT2D eigenvalue weighted by Crippen LogP contribution is -2.15. The van der Waals surface area contributed by atoms with E-state index in [1.165, 1.54) is 0 Å². The smallest absolute Gasteiger partial charge is 0.255 e. The quantitative estimate of drug-likeness (QED) is 0.582. The number of nitrogens with one attached hydrogen (secondary N) is 2. The van der Waals surface area contributed by atoms with Crippen LogP contribution in [0.3, 0.4) is 0 Å². The van der Waals surface area contributed by atoms with Crippen molar-refractivity contribution in [2.45, 2.75) is 20.8 Å². The van der Waals surface area contributed by atoms with E-state index in [0.29, 0.717) is 5.56 Å². The third-order valence-corrected chi connectivity index (χ3v) is 3.84. The van der Waals surface area contributed by atoms with Crippen LogP contribution in [0.5, 0.6) is 0 Å². The molecule has 2 aromatic rings. The minimum Gasteiger partial charge on any atom is -0.324 e. The van der Waals surface area contributed by atoms with Crippen molar-refractivity contribution in [3.05, 3.63) is 57.1 Å². The number of carbonyl (C=O) groups excluding carboxylic acids is 1. The van der Waals surface area contributed by atoms with Crippen LogP contribution in [0.25, 0.3) is 0 Å². The highest BCUT2D eigenvalue weighted by Crippen LogP contribution is 2.26. The number of rotatable bonds is 3. The van der Waals surface area contributed by atoms with Gasteiger partial charge in [-0.3, -0.25) is 10.6 Å². The zero-order valence-electron chi connectivity index (χ0n) is 12.3. The summed E-state index contributed by atoms with van der Waals surface area (Å²) in [6.45, 7) is 5.85. The molecule has 0 radical (unpaired) electrons. The number of hydrogen-bond acceptors (Lipinski definition) is 3. The summed E-state index contributed by atoms with van der Waals surface area (Å²) < 4.78 is 1.00. The van der Waals surface area contributed by atoms with E-state index in [9.17, 15) is 4.79 Å². The number of halogens is 1. The van der Waals surface area contributed by atoms with Crippen LogP contribution in [-0.4, -0.2) is 5.91 Å². The Hall–Kier alpha value is -1.85. The maximum atomic E-state index is 12.4. The molecule has 21 heavy (non-hydrogen) atoms. The van der Waals surface area contributed by atoms with Crippen LogP contribution in [0, 0.1) is 20.8 Å². The van der Waals surface area contributed by atoms with Gasteiger partial charge in [-0.1, -0.05) is 15.9 Å². The fourth-order valence-electron chi connectivity index (χ4n) is 2.26. The molecular formula is C16H18BrN3O. The standard InChI is InChI=1S/C16H18BrN3O/c1-9-6-12(4-5-14(9)20-18)16(21)19-15-10(2)7-13(17)8-11(15)3/h4-8,20H,18H2,1-3H3,(H,19,21). The van der Waals surface area contributed by atoms with Crippen molar-refractivity contribution >= 4 is 33.2 Å². The maximum absolute atomic E-state index is 12.4. The van der Waals surface area contributed by atoms with Crippen molar-refractivity contribution in [2.75, 3.05) is 10.7 Å². The molecule has 110 valence electrons. The van der Waals surface area contributed by atoms with Crippen LogP contribution >= 0.6 is 15.9 Å². The SMILES string of the molecule is Cc1cc(C(=O)Nc2c(C)cc(Br)cc2C)ccc1NN. The van der Waals surface area contributed by atoms with Crippen LogP contribution < -0.4 is 16.6 Å². The molecule has 2 rings (SSSR count). The van der Waals surface area contributed by atoms with E-state index in [4.69, 9.17) is 5.84 Å². The number of amides is 1. The molecule has 0 atom stereocenters. The molecule has 0 spiro atoms. The van der Waals surface area contributed by atoms with Crippen LogP contribution in [0.2, 0.25) is 0 Å². The number of nitrogens with two attached hydrogens (primary N) is 1. The van der Waals surface area contributed by atoms with Crippen LogP contribution in [0.1, 0.15) is 27.0 Å². The highest BCUT2D eigenvalue weighted by atomic mass is 79.9. The second-order valence-corrected chi connectivity index (χ2v) is 5.96. The van der Waals surface area contributed by atoms with E-state index in [1.807, 2.05) is 39.0 Å². The molecule has 0 bridgehead atoms. The van der Waals surface area contributed by atoms with Gasteiger partial charge in [0.2, 0.25) is 0 Å². The first kappa shape index (κ1) is 15.5. The van der Waals surface area contributed by atoms with Crippen molar-refractivity contribution in [1.82, 2.24) is 0 Å². The van der Waals surface area contributed by atoms with Gasteiger partial charge in [0.05, 0.1) is 5.69 Å². The number of aryl methyl sites for hydroxylation is 3. The number of anilines is 2. The van der Waals surface area contributed by atoms with Gasteiger partial charge >= 0.3 is 0 Å². The second kappa shape index (κ2) is 6.28. The van der Waals surface area contributed by atoms with Gasteiger partial charge < -0.3 is 10.7 Å². The summed E-state index contributed by atoms with van der Waals surface area (Å²) in [7, 11) is 0. The van der Waals surface area contributed by atoms with Crippen molar-refractivity contribution in [3.63, 3.8) is 0 Å². The topological polar surface area (TPSA) is 67.2 Å². The third kappa shape index (κ3) is 3.43. The van der Waals surface area contributed by atoms with Gasteiger partial charge in [0.15, 0.2) is 0 Å². The average molecular weight is 348 g/mol. The normalized spacial score (nSPS) is 10.3. The summed E-state index contributed by atoms with van der Waals surface area (Å²) in [6, 6.07) is 9.32. The lowest BCUT2D eigenvalue weighted by Gasteiger charge is -2.13. The number of hydrazine groups is 1. The molecule has 0 fully saturated rings. The molecule has 1 amide bonds. The van der Waals surface area contributed by atoms with Gasteiger partial charge in [0.25, 0.3) is 5.91 Å². The summed E-state index contributed by atoms with van der Waals surface area (Å²) in [6.07, 6.45) is 0. The Morgan fingerprint density at radius 1 is 1.05 bits per heavy atom. The molecule has 5 heteroatoms. The van der Waals surface area contributed by atoms with Crippen molar-refractivity contribution in [2.24, 2.45) is 5.84 Å². The molecule has 0 unspecified atom stereocenters. The van der Waals surface area contributed by atoms with Gasteiger partial charge in [-0.2, -0.15) is 0 Å². The zero-order valence-corrected chi connectivity index (χ0v) is 13.8. The Labute approximate surface area is 132 Å². The largest absolute Gasteiger partial charge is 0.324 e. The van der Waals surface area contributed by atoms with Gasteiger partial charge in [-0.05, 0) is 67.8 Å². The van der Waals surface area contributed by atoms with Crippen LogP contribution in [0.4, 0.5) is 11.4 Å². The highest BCUT2D eigenvalue weighted by molar-refractivity contribution is 9.10. The summed E-state index contributed by atoms with van der Waals surface area (Å²) in [4.78, 5) is 12.4. The molecule has 4 nitrogen and oxygen atoms in total. The van der Waals surface area contributed by atoms with Crippen LogP contribution in [-0.2, 0) is 0 Å². The fourth-order valence-corrected chi connectivity index (χ4v) is 2.95. The number of benzene rings is 2. The molecular weight excluding hydrogens is 330 g/mol. The summed E-state index contributed by atoms with van der Waals surface area (Å²) in [5.41, 5.74) is 7.83. The maximum Gasteiger partial charge on any atom is 0.255 e. The predicted molar refractivity (Wildman–Crippen MR) is 90.6 cm³/mol. The van der Waals surface area contributed by atoms with Crippen molar-refractivity contribution in [1.29, 1.82) is 0 Å². The van der Waals surface area contributed by atoms with E-state index in [1.54, 1.807) is 12.1 Å². The Morgan fingerprint density at radius 3 is 2.19 bits per heavy atom. The van der Waals surface area contributed by atoms with E-state index >= 15 is 0 Å². The first-order chi connectivity index (χ1) is 9.92. The minimum absolute atomic E-state index is 0.129. The number of carbonyl (C=O) groups is 1. The Kier molecular flexibility index (Phi) is 4.65. The Balaban J connectivity index is 2.28. The minimum atomic E-state index is -0.129. The van der Waals surface area contributed by atoms with Crippen LogP contribution in [0.15, 0.2) is 34.8 Å². The lowest BCUT2D eigenvalue weighted by molar-refractivity contribution is 0.102. The van der Waals surface area contributed by atoms with E-state index in [2.05, 4.69) is 26.7 Å². The number of hydrogen-bond donors (Lipinski definition) is 3. The molecule has 0 aliphatic rings. The summed E-state index contributed by atoms with van der Waals surface area (Å²) in [5, 5.41) is 2.98. The predicted octanol–water partition coefficient (Wildman–Crippen LogP) is 3.91. The van der Waals surface area contributed by atoms with Gasteiger partial charge in [-0.25, -0.2) is 0 Å². The Morgan fingerprint density at radius 2 is 1.67 bits per heavy atom. The average Bonchev–Trinajstić information content (AvgIpc) is 2.42. The summed E-state index contributed by atoms with van der Waals surface area (Å²) >= 11 is 3.45. The molecule has 2 aromatic carbocycles. The molecule has 0 saturated heterocycles. The van der Waals surface area contributed by atoms with Gasteiger partial charge in [0.1, 0.15) is 0 Å². The molecule has 0 saturated carbocycles. The molecule has 0 aliphatic heterocycles. The van der Waals surface area contributed by atoms with Gasteiger partial charge in [0, 0.05) is 15.7 Å². The third-order valence-electron chi connectivity index (χ3n) is 3.38. The van der Waals surface area contributed by atoms with E-state index in [-0.39, 0.29) is 5.91 Å². The fraction of sp³-hybridized carbons (Fsp3) is 0.188. The zero-order chi connectivity index (χ0) is 15.6. The van der Waals surface area contributed by atoms with E-state index in [0.717, 1.165) is 32.5 Å². The molecule has 0 heterocycles. The number of nitrogen functional groups attached to an aromatic ring is 1. The molecule has 0 aliphatic carbocycles. The van der Waals surface area contributed by atoms with E-state index < -0.39 is 0 Å². The first-order valence-electron chi connectivity index (χ1n) is 6.57. The Bertz CT molecular complexity index is 675. The second-order valence-electron chi connectivity index (χ2n) is 5.04. The molecule has 4 N–H and O–H groups in total. The summed E-state index contributed by atoms with van der Waals surface area (Å²) in [5.74, 6) is 5.27. The first-order valence-corrected chi connectivity index (χ1v) is 7.37.